The number of benzene rings is 4. The average molecular weight is 2160 g/mol. The normalized spacial score (nSPS) is 13.7. The Morgan fingerprint density at radius 2 is 0.797 bits per heavy atom. The van der Waals surface area contributed by atoms with Crippen LogP contribution in [0.4, 0.5) is 17.6 Å². The van der Waals surface area contributed by atoms with Crippen molar-refractivity contribution in [2.75, 3.05) is 95.1 Å². The van der Waals surface area contributed by atoms with Crippen LogP contribution in [0.25, 0.3) is 61.0 Å². The SMILES string of the molecule is C.C.CC1CCCO1.CCC[CH2][Sn]([CH2]CCC)([CH2]CCC)[c]1cc(OC)nc(OC)n1.CN1C(=O)C(Cl)=C(c2cn(CCOc3ccc(F)cc3)c3ncccc23)C1=O.COc1ncc(C2=C(c3cn(CCOc4ccc(F)cc4)c4ncccc34)C(=O)N(C)C2=O)c(OC)n1.COc1ncc(C2=C(c3cn(CCOc4ccc(F)cc4)c4ncccc34)C(=O)NC2=O)c(OC)n1.Fc1ccc(OCCBr)cc1. The van der Waals surface area contributed by atoms with Gasteiger partial charge < -0.3 is 56.3 Å². The summed E-state index contributed by atoms with van der Waals surface area (Å²) in [7, 11) is 11.8. The minimum absolute atomic E-state index is 0. The van der Waals surface area contributed by atoms with Crippen LogP contribution >= 0.6 is 27.5 Å². The molecule has 0 spiro atoms. The molecule has 0 saturated carbocycles. The summed E-state index contributed by atoms with van der Waals surface area (Å²) in [6, 6.07) is 36.6. The number of methoxy groups -OCH3 is 6. The number of imide groups is 3. The Balaban J connectivity index is 0.000000186. The zero-order chi connectivity index (χ0) is 101. The topological polar surface area (TPSA) is 353 Å². The maximum absolute atomic E-state index is 13.4. The minimum atomic E-state index is -2.54. The molecule has 0 aliphatic carbocycles. The number of nitrogens with one attached hydrogen (secondary N) is 1. The van der Waals surface area contributed by atoms with Gasteiger partial charge in [-0.25, -0.2) is 42.5 Å². The monoisotopic (exact) mass is 2160 g/mol. The molecule has 17 rings (SSSR count). The van der Waals surface area contributed by atoms with Gasteiger partial charge in [-0.15, -0.1) is 0 Å². The fraction of sp³-hybridized carbons (Fsp3) is 0.337. The molecule has 0 bridgehead atoms. The van der Waals surface area contributed by atoms with Gasteiger partial charge >= 0.3 is 158 Å². The fourth-order valence-electron chi connectivity index (χ4n) is 16.0. The predicted molar refractivity (Wildman–Crippen MR) is 544 cm³/mol. The Labute approximate surface area is 844 Å². The largest absolute Gasteiger partial charge is 0.493 e. The minimum Gasteiger partial charge on any atom is -0.493 e. The van der Waals surface area contributed by atoms with E-state index in [9.17, 15) is 46.3 Å². The van der Waals surface area contributed by atoms with Crippen molar-refractivity contribution >= 4 is 146 Å². The zero-order valence-corrected chi connectivity index (χ0v) is 85.3. The molecule has 4 aliphatic heterocycles. The second kappa shape index (κ2) is 53.8. The summed E-state index contributed by atoms with van der Waals surface area (Å²) >= 11 is 6.82. The predicted octanol–water partition coefficient (Wildman–Crippen LogP) is 18.4. The van der Waals surface area contributed by atoms with E-state index in [2.05, 4.69) is 94.9 Å². The summed E-state index contributed by atoms with van der Waals surface area (Å²) < 4.78 is 122. The average Bonchev–Trinajstić information content (AvgIpc) is 1.50. The molecule has 143 heavy (non-hydrogen) atoms. The van der Waals surface area contributed by atoms with Crippen molar-refractivity contribution in [1.29, 1.82) is 0 Å². The van der Waals surface area contributed by atoms with Crippen LogP contribution < -0.4 is 56.4 Å². The van der Waals surface area contributed by atoms with Crippen molar-refractivity contribution in [2.24, 2.45) is 0 Å². The van der Waals surface area contributed by atoms with Gasteiger partial charge in [-0.05, 0) is 153 Å². The van der Waals surface area contributed by atoms with E-state index in [0.29, 0.717) is 124 Å². The van der Waals surface area contributed by atoms with Crippen LogP contribution in [0.1, 0.15) is 122 Å². The third kappa shape index (κ3) is 27.7. The summed E-state index contributed by atoms with van der Waals surface area (Å²) in [5.74, 6) is -1.20. The second-order valence-corrected chi connectivity index (χ2v) is 46.5. The van der Waals surface area contributed by atoms with Gasteiger partial charge in [0, 0.05) is 108 Å². The number of likely N-dealkylation sites (N-methyl/N-ethyl adjacent to an activating group) is 2. The molecule has 13 heterocycles. The van der Waals surface area contributed by atoms with Crippen molar-refractivity contribution in [3.8, 4) is 58.7 Å². The van der Waals surface area contributed by atoms with Gasteiger partial charge in [0.05, 0.1) is 99.8 Å². The molecule has 6 amide bonds. The zero-order valence-electron chi connectivity index (χ0n) is 80.1. The summed E-state index contributed by atoms with van der Waals surface area (Å²) in [6.07, 6.45) is 23.8. The van der Waals surface area contributed by atoms with Crippen LogP contribution in [0.3, 0.4) is 0 Å². The number of carbonyl (C=O) groups excluding carboxylic acids is 6. The van der Waals surface area contributed by atoms with Crippen LogP contribution in [0.2, 0.25) is 13.3 Å². The molecule has 1 N–H and O–H groups in total. The van der Waals surface area contributed by atoms with Crippen LogP contribution in [-0.4, -0.2) is 223 Å². The molecule has 0 radical (unpaired) electrons. The number of nitrogens with zero attached hydrogens (tertiary/aromatic N) is 14. The number of pyridine rings is 3. The molecule has 9 aromatic heterocycles. The van der Waals surface area contributed by atoms with E-state index in [0.717, 1.165) is 21.7 Å². The number of halogens is 6. The number of alkyl halides is 1. The molecule has 13 aromatic rings. The molecular weight excluding hydrogens is 2040 g/mol. The molecule has 1 saturated heterocycles. The van der Waals surface area contributed by atoms with E-state index in [1.165, 1.54) is 172 Å². The van der Waals surface area contributed by atoms with Crippen LogP contribution in [0, 0.1) is 23.3 Å². The number of unbranched alkanes of at least 4 members (excludes halogenated alkanes) is 3. The molecule has 756 valence electrons. The van der Waals surface area contributed by atoms with Crippen molar-refractivity contribution in [3.63, 3.8) is 0 Å². The van der Waals surface area contributed by atoms with E-state index in [4.69, 9.17) is 68.7 Å². The number of amides is 6. The molecule has 1 fully saturated rings. The van der Waals surface area contributed by atoms with Crippen molar-refractivity contribution in [2.45, 2.75) is 133 Å². The Morgan fingerprint density at radius 3 is 1.13 bits per heavy atom. The van der Waals surface area contributed by atoms with E-state index >= 15 is 0 Å². The van der Waals surface area contributed by atoms with Gasteiger partial charge in [0.25, 0.3) is 35.4 Å². The Morgan fingerprint density at radius 1 is 0.441 bits per heavy atom. The first-order chi connectivity index (χ1) is 68.3. The molecule has 4 aliphatic rings. The molecular formula is C104H117BrClF4N15O17Sn. The van der Waals surface area contributed by atoms with Gasteiger partial charge in [0.15, 0.2) is 0 Å². The van der Waals surface area contributed by atoms with Crippen LogP contribution in [0.5, 0.6) is 58.7 Å². The summed E-state index contributed by atoms with van der Waals surface area (Å²) in [5, 5.41) is 5.11. The standard InChI is InChI=1S/C26H22FN5O5.C25H20FN5O5.C20H15ClFN3O3.C8H8BrFO.C6H7N2O2.C5H10O.3C4H9.2CH4.Sn/c1-31-24(33)20(18-13-29-26(36-3)30-23(18)35-2)21(25(31)34)19-14-32(22-17(19)5-4-10-28-22)11-12-37-16-8-6-15(27)7-9-16;1-34-24-17(12-28-25(30-24)35-2)19-20(23(33)29-22(19)32)18-13-31(21-16(18)4-3-9-27-21)10-11-36-15-7-5-14(26)6-8-15;1-24-19(26)16(17(21)20(24)27)15-11-25(18-14(15)3-2-8-23-18)9-10-28-13-6-4-12(22)5-7-13;9-5-6-11-8-3-1-7(10)2-4-8;1-9-5-3-4-7-6(8-5)10-2;1-5-3-2-4-6-5;3*1-3-4-2;;;/h4-10,13-14H,11-12H2,1-3H3;3-9,12-13H,10-11H2,1-2H3,(H,29,32,33);2-8,11H,9-10H2,1H3;1-4H,5-6H2;3H,1-2H3;5H,2-4H2,1H3;3*1,3-4H2,2H3;2*1H4;. The van der Waals surface area contributed by atoms with E-state index in [-0.39, 0.29) is 119 Å². The van der Waals surface area contributed by atoms with Gasteiger partial charge in [-0.1, -0.05) is 42.4 Å². The van der Waals surface area contributed by atoms with E-state index in [1.807, 2.05) is 31.9 Å². The van der Waals surface area contributed by atoms with Crippen molar-refractivity contribution in [3.05, 3.63) is 245 Å². The first-order valence-corrected chi connectivity index (χ1v) is 54.6. The second-order valence-electron chi connectivity index (χ2n) is 32.3. The Hall–Kier alpha value is -13.9. The summed E-state index contributed by atoms with van der Waals surface area (Å²) in [4.78, 5) is 118. The first-order valence-electron chi connectivity index (χ1n) is 45.6. The number of aromatic nitrogens is 12. The van der Waals surface area contributed by atoms with Crippen molar-refractivity contribution in [1.82, 2.24) is 73.7 Å². The summed E-state index contributed by atoms with van der Waals surface area (Å²) in [6.45, 7) is 12.6. The number of rotatable bonds is 36. The quantitative estimate of drug-likeness (QED) is 0.0165. The third-order valence-corrected chi connectivity index (χ3v) is 38.8. The van der Waals surface area contributed by atoms with Gasteiger partial charge in [-0.3, -0.25) is 43.9 Å². The Kier molecular flexibility index (Phi) is 41.8. The number of hydrogen-bond donors (Lipinski definition) is 1. The number of ether oxygens (including phenoxy) is 11. The Bertz CT molecular complexity index is 6610. The summed E-state index contributed by atoms with van der Waals surface area (Å²) in [5.41, 5.74) is 4.70. The molecule has 1 unspecified atom stereocenters. The van der Waals surface area contributed by atoms with Gasteiger partial charge in [0.1, 0.15) is 88.1 Å². The van der Waals surface area contributed by atoms with Gasteiger partial charge in [0.2, 0.25) is 11.8 Å². The number of hydrogen-bond acceptors (Lipinski definition) is 26. The third-order valence-electron chi connectivity index (χ3n) is 23.1. The fourth-order valence-corrected chi connectivity index (χ4v) is 31.8. The first kappa shape index (κ1) is 111. The molecule has 39 heteroatoms. The number of carbonyl (C=O) groups is 6. The molecule has 4 aromatic carbocycles. The van der Waals surface area contributed by atoms with Crippen LogP contribution in [-0.2, 0) is 53.1 Å². The van der Waals surface area contributed by atoms with E-state index in [1.54, 1.807) is 118 Å². The molecule has 1 atom stereocenters. The maximum atomic E-state index is 13.4. The van der Waals surface area contributed by atoms with Gasteiger partial charge in [-0.2, -0.15) is 9.97 Å². The maximum Gasteiger partial charge on any atom is 0.319 e. The number of fused-ring (bicyclic) bond motifs is 3. The van der Waals surface area contributed by atoms with Crippen LogP contribution in [0.15, 0.2) is 194 Å². The molecule has 32 nitrogen and oxygen atoms in total. The smallest absolute Gasteiger partial charge is 0.319 e. The van der Waals surface area contributed by atoms with Crippen molar-refractivity contribution < 1.29 is 98.4 Å². The van der Waals surface area contributed by atoms with E-state index < -0.39 is 53.8 Å².